The minimum absolute atomic E-state index is 0.0624. The van der Waals surface area contributed by atoms with E-state index in [9.17, 15) is 10.1 Å². The number of nitro groups is 1. The summed E-state index contributed by atoms with van der Waals surface area (Å²) in [5.41, 5.74) is 6.51. The highest BCUT2D eigenvalue weighted by molar-refractivity contribution is 9.10. The Morgan fingerprint density at radius 3 is 2.85 bits per heavy atom. The molecule has 1 aromatic heterocycles. The maximum atomic E-state index is 10.8. The SMILES string of the molecule is CC(N)c1cccnc1Oc1cc(Br)cc([N+](=O)[O-])c1. The Morgan fingerprint density at radius 2 is 2.20 bits per heavy atom. The third-order valence-corrected chi connectivity index (χ3v) is 3.03. The number of ether oxygens (including phenoxy) is 1. The van der Waals surface area contributed by atoms with Crippen molar-refractivity contribution in [1.82, 2.24) is 4.98 Å². The van der Waals surface area contributed by atoms with Crippen LogP contribution in [0.1, 0.15) is 18.5 Å². The van der Waals surface area contributed by atoms with Crippen LogP contribution in [0.3, 0.4) is 0 Å². The molecule has 0 amide bonds. The van der Waals surface area contributed by atoms with Gasteiger partial charge in [0.15, 0.2) is 0 Å². The number of nitro benzene ring substituents is 1. The average molecular weight is 338 g/mol. The van der Waals surface area contributed by atoms with E-state index in [1.165, 1.54) is 12.1 Å². The van der Waals surface area contributed by atoms with Crippen LogP contribution in [-0.4, -0.2) is 9.91 Å². The summed E-state index contributed by atoms with van der Waals surface area (Å²) in [4.78, 5) is 14.5. The number of non-ortho nitro benzene ring substituents is 1. The predicted octanol–water partition coefficient (Wildman–Crippen LogP) is 3.56. The molecule has 1 atom stereocenters. The highest BCUT2D eigenvalue weighted by Crippen LogP contribution is 2.31. The lowest BCUT2D eigenvalue weighted by molar-refractivity contribution is -0.385. The first kappa shape index (κ1) is 14.4. The van der Waals surface area contributed by atoms with Crippen molar-refractivity contribution in [2.45, 2.75) is 13.0 Å². The fraction of sp³-hybridized carbons (Fsp3) is 0.154. The number of hydrogen-bond acceptors (Lipinski definition) is 5. The Hall–Kier alpha value is -1.99. The van der Waals surface area contributed by atoms with E-state index in [4.69, 9.17) is 10.5 Å². The van der Waals surface area contributed by atoms with Crippen LogP contribution >= 0.6 is 15.9 Å². The Labute approximate surface area is 123 Å². The molecule has 0 spiro atoms. The molecule has 104 valence electrons. The van der Waals surface area contributed by atoms with Gasteiger partial charge in [-0.25, -0.2) is 4.98 Å². The van der Waals surface area contributed by atoms with Crippen molar-refractivity contribution in [2.75, 3.05) is 0 Å². The van der Waals surface area contributed by atoms with Crippen LogP contribution in [0.5, 0.6) is 11.6 Å². The summed E-state index contributed by atoms with van der Waals surface area (Å²) in [7, 11) is 0. The van der Waals surface area contributed by atoms with Crippen LogP contribution in [0.25, 0.3) is 0 Å². The molecule has 0 radical (unpaired) electrons. The summed E-state index contributed by atoms with van der Waals surface area (Å²) in [6.45, 7) is 1.81. The lowest BCUT2D eigenvalue weighted by Crippen LogP contribution is -2.07. The van der Waals surface area contributed by atoms with Gasteiger partial charge < -0.3 is 10.5 Å². The molecule has 20 heavy (non-hydrogen) atoms. The predicted molar refractivity (Wildman–Crippen MR) is 77.7 cm³/mol. The number of pyridine rings is 1. The molecule has 0 aliphatic carbocycles. The molecule has 2 aromatic rings. The fourth-order valence-electron chi connectivity index (χ4n) is 1.66. The van der Waals surface area contributed by atoms with E-state index in [1.54, 1.807) is 24.4 Å². The molecule has 0 aliphatic rings. The highest BCUT2D eigenvalue weighted by Gasteiger charge is 2.13. The van der Waals surface area contributed by atoms with Crippen LogP contribution < -0.4 is 10.5 Å². The third kappa shape index (κ3) is 3.31. The van der Waals surface area contributed by atoms with Crippen molar-refractivity contribution in [1.29, 1.82) is 0 Å². The number of nitrogens with two attached hydrogens (primary N) is 1. The van der Waals surface area contributed by atoms with Crippen molar-refractivity contribution in [3.8, 4) is 11.6 Å². The van der Waals surface area contributed by atoms with Gasteiger partial charge >= 0.3 is 0 Å². The Bertz CT molecular complexity index is 647. The molecular formula is C13H12BrN3O3. The van der Waals surface area contributed by atoms with Crippen LogP contribution in [0.4, 0.5) is 5.69 Å². The van der Waals surface area contributed by atoms with Gasteiger partial charge in [0, 0.05) is 28.3 Å². The molecule has 0 aliphatic heterocycles. The molecule has 0 bridgehead atoms. The quantitative estimate of drug-likeness (QED) is 0.680. The van der Waals surface area contributed by atoms with Crippen molar-refractivity contribution in [3.05, 3.63) is 56.7 Å². The van der Waals surface area contributed by atoms with Crippen LogP contribution in [-0.2, 0) is 0 Å². The summed E-state index contributed by atoms with van der Waals surface area (Å²) in [5, 5.41) is 10.8. The number of halogens is 1. The lowest BCUT2D eigenvalue weighted by atomic mass is 10.1. The zero-order valence-corrected chi connectivity index (χ0v) is 12.2. The van der Waals surface area contributed by atoms with E-state index in [0.717, 1.165) is 5.56 Å². The summed E-state index contributed by atoms with van der Waals surface area (Å²) >= 11 is 3.21. The second kappa shape index (κ2) is 5.98. The van der Waals surface area contributed by atoms with E-state index in [2.05, 4.69) is 20.9 Å². The van der Waals surface area contributed by atoms with E-state index < -0.39 is 4.92 Å². The monoisotopic (exact) mass is 337 g/mol. The molecule has 1 unspecified atom stereocenters. The second-order valence-electron chi connectivity index (χ2n) is 4.19. The van der Waals surface area contributed by atoms with Crippen LogP contribution in [0.15, 0.2) is 41.0 Å². The molecule has 6 nitrogen and oxygen atoms in total. The molecule has 1 aromatic carbocycles. The van der Waals surface area contributed by atoms with Gasteiger partial charge in [-0.3, -0.25) is 10.1 Å². The van der Waals surface area contributed by atoms with Gasteiger partial charge in [-0.15, -0.1) is 0 Å². The molecule has 0 fully saturated rings. The Morgan fingerprint density at radius 1 is 1.45 bits per heavy atom. The van der Waals surface area contributed by atoms with Gasteiger partial charge in [-0.2, -0.15) is 0 Å². The Balaban J connectivity index is 2.37. The minimum Gasteiger partial charge on any atom is -0.438 e. The standard InChI is InChI=1S/C13H12BrN3O3/c1-8(15)12-3-2-4-16-13(12)20-11-6-9(14)5-10(7-11)17(18)19/h2-8H,15H2,1H3. The molecule has 0 saturated heterocycles. The van der Waals surface area contributed by atoms with Gasteiger partial charge in [-0.1, -0.05) is 22.0 Å². The molecule has 2 rings (SSSR count). The lowest BCUT2D eigenvalue weighted by Gasteiger charge is -2.12. The third-order valence-electron chi connectivity index (χ3n) is 2.57. The van der Waals surface area contributed by atoms with Crippen molar-refractivity contribution in [3.63, 3.8) is 0 Å². The highest BCUT2D eigenvalue weighted by atomic mass is 79.9. The molecule has 2 N–H and O–H groups in total. The van der Waals surface area contributed by atoms with E-state index in [1.807, 2.05) is 6.92 Å². The molecule has 0 saturated carbocycles. The van der Waals surface area contributed by atoms with E-state index in [-0.39, 0.29) is 11.7 Å². The fourth-order valence-corrected chi connectivity index (χ4v) is 2.12. The number of benzene rings is 1. The van der Waals surface area contributed by atoms with E-state index in [0.29, 0.717) is 16.1 Å². The second-order valence-corrected chi connectivity index (χ2v) is 5.11. The van der Waals surface area contributed by atoms with Gasteiger partial charge in [-0.05, 0) is 19.1 Å². The zero-order valence-electron chi connectivity index (χ0n) is 10.6. The normalized spacial score (nSPS) is 11.9. The maximum Gasteiger partial charge on any atom is 0.274 e. The first-order valence-corrected chi connectivity index (χ1v) is 6.60. The number of aromatic nitrogens is 1. The number of rotatable bonds is 4. The molecule has 1 heterocycles. The average Bonchev–Trinajstić information content (AvgIpc) is 2.38. The first-order valence-electron chi connectivity index (χ1n) is 5.80. The number of hydrogen-bond donors (Lipinski definition) is 1. The summed E-state index contributed by atoms with van der Waals surface area (Å²) < 4.78 is 6.17. The van der Waals surface area contributed by atoms with Crippen LogP contribution in [0.2, 0.25) is 0 Å². The van der Waals surface area contributed by atoms with Crippen molar-refractivity contribution >= 4 is 21.6 Å². The zero-order chi connectivity index (χ0) is 14.7. The summed E-state index contributed by atoms with van der Waals surface area (Å²) in [6.07, 6.45) is 1.58. The molecule has 7 heteroatoms. The van der Waals surface area contributed by atoms with Crippen molar-refractivity contribution in [2.24, 2.45) is 5.73 Å². The topological polar surface area (TPSA) is 91.3 Å². The Kier molecular flexibility index (Phi) is 4.31. The van der Waals surface area contributed by atoms with Gasteiger partial charge in [0.05, 0.1) is 11.0 Å². The van der Waals surface area contributed by atoms with E-state index >= 15 is 0 Å². The van der Waals surface area contributed by atoms with Crippen LogP contribution in [0, 0.1) is 10.1 Å². The number of nitrogens with zero attached hydrogens (tertiary/aromatic N) is 2. The summed E-state index contributed by atoms with van der Waals surface area (Å²) in [6, 6.07) is 7.68. The maximum absolute atomic E-state index is 10.8. The summed E-state index contributed by atoms with van der Waals surface area (Å²) in [5.74, 6) is 0.668. The minimum atomic E-state index is -0.484. The largest absolute Gasteiger partial charge is 0.438 e. The van der Waals surface area contributed by atoms with Crippen molar-refractivity contribution < 1.29 is 9.66 Å². The smallest absolute Gasteiger partial charge is 0.274 e. The van der Waals surface area contributed by atoms with Gasteiger partial charge in [0.25, 0.3) is 5.69 Å². The first-order chi connectivity index (χ1) is 9.47. The molecular weight excluding hydrogens is 326 g/mol. The van der Waals surface area contributed by atoms with Gasteiger partial charge in [0.2, 0.25) is 5.88 Å². The van der Waals surface area contributed by atoms with Gasteiger partial charge in [0.1, 0.15) is 5.75 Å².